The van der Waals surface area contributed by atoms with E-state index in [2.05, 4.69) is 28.1 Å². The number of benzene rings is 2. The van der Waals surface area contributed by atoms with Crippen LogP contribution in [0.3, 0.4) is 0 Å². The summed E-state index contributed by atoms with van der Waals surface area (Å²) >= 11 is 6.40. The predicted octanol–water partition coefficient (Wildman–Crippen LogP) is 5.37. The van der Waals surface area contributed by atoms with Crippen molar-refractivity contribution in [1.82, 2.24) is 16.0 Å². The molecule has 2 fully saturated rings. The molecule has 0 bridgehead atoms. The number of nitrogens with one attached hydrogen (secondary N) is 3. The summed E-state index contributed by atoms with van der Waals surface area (Å²) in [5.41, 5.74) is 7.37. The monoisotopic (exact) mass is 692 g/mol. The Morgan fingerprint density at radius 1 is 0.980 bits per heavy atom. The van der Waals surface area contributed by atoms with Gasteiger partial charge in [0.1, 0.15) is 11.6 Å². The highest BCUT2D eigenvalue weighted by Crippen LogP contribution is 2.42. The van der Waals surface area contributed by atoms with Crippen molar-refractivity contribution >= 4 is 41.2 Å². The Morgan fingerprint density at radius 2 is 1.71 bits per heavy atom. The molecule has 3 aliphatic rings. The van der Waals surface area contributed by atoms with Crippen LogP contribution < -0.4 is 21.7 Å². The number of carbonyl (C=O) groups is 5. The lowest BCUT2D eigenvalue weighted by Gasteiger charge is -2.38. The van der Waals surface area contributed by atoms with Crippen molar-refractivity contribution in [2.75, 3.05) is 6.54 Å². The molecule has 49 heavy (non-hydrogen) atoms. The summed E-state index contributed by atoms with van der Waals surface area (Å²) in [4.78, 5) is 65.6. The molecule has 1 aliphatic heterocycles. The lowest BCUT2D eigenvalue weighted by Crippen LogP contribution is -2.61. The molecular weight excluding hydrogens is 644 g/mol. The maximum atomic E-state index is 14.2. The molecule has 1 heterocycles. The summed E-state index contributed by atoms with van der Waals surface area (Å²) < 4.78 is 6.34. The molecule has 0 aromatic heterocycles. The third-order valence-electron chi connectivity index (χ3n) is 10.7. The summed E-state index contributed by atoms with van der Waals surface area (Å²) in [5, 5.41) is 8.88. The predicted molar refractivity (Wildman–Crippen MR) is 187 cm³/mol. The number of primary amides is 1. The highest BCUT2D eigenvalue weighted by atomic mass is 35.5. The van der Waals surface area contributed by atoms with E-state index in [-0.39, 0.29) is 18.2 Å². The Balaban J connectivity index is 1.43. The molecule has 4 amide bonds. The van der Waals surface area contributed by atoms with E-state index in [0.717, 1.165) is 62.5 Å². The van der Waals surface area contributed by atoms with Gasteiger partial charge in [0, 0.05) is 22.9 Å². The summed E-state index contributed by atoms with van der Waals surface area (Å²) in [6, 6.07) is 12.4. The molecule has 5 rings (SSSR count). The van der Waals surface area contributed by atoms with Gasteiger partial charge in [0.05, 0.1) is 6.04 Å². The number of aryl methyl sites for hydroxylation is 2. The Morgan fingerprint density at radius 3 is 2.39 bits per heavy atom. The van der Waals surface area contributed by atoms with Crippen molar-refractivity contribution in [2.24, 2.45) is 17.6 Å². The average molecular weight is 693 g/mol. The second-order valence-electron chi connectivity index (χ2n) is 14.8. The van der Waals surface area contributed by atoms with Crippen LogP contribution in [0.2, 0.25) is 5.02 Å². The van der Waals surface area contributed by atoms with Crippen LogP contribution in [-0.4, -0.2) is 47.7 Å². The lowest BCUT2D eigenvalue weighted by atomic mass is 9.76. The Labute approximate surface area is 293 Å². The number of alkyl carbamates (subject to hydrolysis) is 1. The Kier molecular flexibility index (Phi) is 11.4. The molecular formula is C38H49ClN4O6. The SMILES string of the molecule is CC(C)(c1cccc(Cl)c1)C(OC(=O)N[C@](C)(CC1CCCCC1)C(=O)N[C@@H](C[C@@H]1CCNC1=O)C(=O)C(N)=O)c1ccc2c(c1)CCC2. The van der Waals surface area contributed by atoms with E-state index in [1.807, 2.05) is 38.1 Å². The first-order valence-corrected chi connectivity index (χ1v) is 17.9. The van der Waals surface area contributed by atoms with Gasteiger partial charge in [0.25, 0.3) is 5.91 Å². The van der Waals surface area contributed by atoms with Gasteiger partial charge in [-0.2, -0.15) is 0 Å². The largest absolute Gasteiger partial charge is 0.440 e. The molecule has 1 saturated carbocycles. The number of halogens is 1. The molecule has 1 saturated heterocycles. The van der Waals surface area contributed by atoms with Crippen LogP contribution in [-0.2, 0) is 42.2 Å². The Bertz CT molecular complexity index is 1590. The third-order valence-corrected chi connectivity index (χ3v) is 11.0. The fraction of sp³-hybridized carbons (Fsp3) is 0.553. The van der Waals surface area contributed by atoms with Gasteiger partial charge in [-0.25, -0.2) is 4.79 Å². The average Bonchev–Trinajstić information content (AvgIpc) is 3.71. The number of Topliss-reactive ketones (excluding diaryl/α,β-unsaturated/α-hetero) is 1. The van der Waals surface area contributed by atoms with Gasteiger partial charge in [0.2, 0.25) is 17.6 Å². The molecule has 0 spiro atoms. The van der Waals surface area contributed by atoms with Crippen LogP contribution in [0.25, 0.3) is 0 Å². The summed E-state index contributed by atoms with van der Waals surface area (Å²) in [6.07, 6.45) is 7.12. The van der Waals surface area contributed by atoms with Crippen LogP contribution in [0.5, 0.6) is 0 Å². The quantitative estimate of drug-likeness (QED) is 0.207. The summed E-state index contributed by atoms with van der Waals surface area (Å²) in [6.45, 7) is 6.06. The van der Waals surface area contributed by atoms with Crippen LogP contribution in [0.15, 0.2) is 42.5 Å². The minimum absolute atomic E-state index is 0.0719. The molecule has 264 valence electrons. The number of hydrogen-bond acceptors (Lipinski definition) is 6. The number of carbonyl (C=O) groups excluding carboxylic acids is 5. The van der Waals surface area contributed by atoms with Crippen LogP contribution in [0, 0.1) is 11.8 Å². The minimum Gasteiger partial charge on any atom is -0.440 e. The van der Waals surface area contributed by atoms with Crippen molar-refractivity contribution < 1.29 is 28.7 Å². The number of ketones is 1. The van der Waals surface area contributed by atoms with Crippen molar-refractivity contribution in [3.63, 3.8) is 0 Å². The van der Waals surface area contributed by atoms with E-state index in [1.165, 1.54) is 11.1 Å². The van der Waals surface area contributed by atoms with Gasteiger partial charge in [0.15, 0.2) is 0 Å². The fourth-order valence-electron chi connectivity index (χ4n) is 7.83. The highest BCUT2D eigenvalue weighted by molar-refractivity contribution is 6.38. The van der Waals surface area contributed by atoms with Gasteiger partial charge in [-0.1, -0.05) is 87.9 Å². The molecule has 2 aromatic carbocycles. The first kappa shape index (κ1) is 36.4. The zero-order valence-corrected chi connectivity index (χ0v) is 29.5. The smallest absolute Gasteiger partial charge is 0.408 e. The summed E-state index contributed by atoms with van der Waals surface area (Å²) in [5.74, 6) is -3.50. The molecule has 0 radical (unpaired) electrons. The number of hydrogen-bond donors (Lipinski definition) is 4. The highest BCUT2D eigenvalue weighted by Gasteiger charge is 2.43. The van der Waals surface area contributed by atoms with Crippen molar-refractivity contribution in [3.05, 3.63) is 69.7 Å². The maximum Gasteiger partial charge on any atom is 0.408 e. The molecule has 11 heteroatoms. The first-order chi connectivity index (χ1) is 23.3. The molecule has 5 N–H and O–H groups in total. The van der Waals surface area contributed by atoms with Gasteiger partial charge in [-0.05, 0) is 85.8 Å². The van der Waals surface area contributed by atoms with E-state index >= 15 is 0 Å². The Hall–Kier alpha value is -3.92. The minimum atomic E-state index is -1.50. The van der Waals surface area contributed by atoms with Crippen molar-refractivity contribution in [3.8, 4) is 0 Å². The lowest BCUT2D eigenvalue weighted by molar-refractivity contribution is -0.140. The van der Waals surface area contributed by atoms with Crippen molar-refractivity contribution in [1.29, 1.82) is 0 Å². The van der Waals surface area contributed by atoms with E-state index in [4.69, 9.17) is 22.1 Å². The third kappa shape index (κ3) is 8.63. The van der Waals surface area contributed by atoms with Gasteiger partial charge in [-0.3, -0.25) is 19.2 Å². The maximum absolute atomic E-state index is 14.2. The van der Waals surface area contributed by atoms with Gasteiger partial charge >= 0.3 is 6.09 Å². The second kappa shape index (κ2) is 15.3. The molecule has 2 aromatic rings. The zero-order valence-electron chi connectivity index (χ0n) is 28.7. The molecule has 1 unspecified atom stereocenters. The van der Waals surface area contributed by atoms with E-state index < -0.39 is 52.7 Å². The number of ether oxygens (including phenoxy) is 1. The number of fused-ring (bicyclic) bond motifs is 1. The fourth-order valence-corrected chi connectivity index (χ4v) is 8.02. The number of rotatable bonds is 13. The number of nitrogens with two attached hydrogens (primary N) is 1. The molecule has 2 aliphatic carbocycles. The zero-order chi connectivity index (χ0) is 35.3. The standard InChI is InChI=1S/C38H49ClN4O6/c1-37(2,28-13-8-14-29(39)21-28)32(26-16-15-24-11-7-12-25(24)19-26)49-36(48)43-38(3,22-23-9-5-4-6-10-23)35(47)42-30(31(44)33(40)45)20-27-17-18-41-34(27)46/h8,13-16,19,21,23,27,30,32H,4-7,9-12,17-18,20,22H2,1-3H3,(H2,40,45)(H,41,46)(H,42,47)(H,43,48)/t27-,30-,32?,38+/m0/s1. The van der Waals surface area contributed by atoms with E-state index in [1.54, 1.807) is 13.0 Å². The first-order valence-electron chi connectivity index (χ1n) is 17.6. The van der Waals surface area contributed by atoms with Crippen LogP contribution in [0.1, 0.15) is 107 Å². The summed E-state index contributed by atoms with van der Waals surface area (Å²) in [7, 11) is 0. The number of amides is 4. The van der Waals surface area contributed by atoms with Crippen molar-refractivity contribution in [2.45, 2.75) is 114 Å². The van der Waals surface area contributed by atoms with E-state index in [0.29, 0.717) is 24.4 Å². The van der Waals surface area contributed by atoms with Crippen LogP contribution in [0.4, 0.5) is 4.79 Å². The molecule has 10 nitrogen and oxygen atoms in total. The normalized spacial score (nSPS) is 20.3. The van der Waals surface area contributed by atoms with Gasteiger partial charge in [-0.15, -0.1) is 0 Å². The molecule has 4 atom stereocenters. The topological polar surface area (TPSA) is 157 Å². The van der Waals surface area contributed by atoms with Gasteiger partial charge < -0.3 is 26.4 Å². The van der Waals surface area contributed by atoms with Crippen LogP contribution >= 0.6 is 11.6 Å². The van der Waals surface area contributed by atoms with E-state index in [9.17, 15) is 24.0 Å². The second-order valence-corrected chi connectivity index (χ2v) is 15.3.